The van der Waals surface area contributed by atoms with Crippen LogP contribution in [-0.4, -0.2) is 18.8 Å². The van der Waals surface area contributed by atoms with Crippen LogP contribution in [0.25, 0.3) is 4.85 Å². The first-order valence-corrected chi connectivity index (χ1v) is 5.99. The van der Waals surface area contributed by atoms with E-state index in [4.69, 9.17) is 11.3 Å². The Morgan fingerprint density at radius 3 is 2.93 bits per heavy atom. The highest BCUT2D eigenvalue weighted by atomic mass is 32.2. The molecule has 0 bridgehead atoms. The summed E-state index contributed by atoms with van der Waals surface area (Å²) in [6.07, 6.45) is 1.88. The fraction of sp³-hybridized carbons (Fsp3) is 0.333. The van der Waals surface area contributed by atoms with E-state index in [1.807, 2.05) is 6.26 Å². The zero-order valence-corrected chi connectivity index (χ0v) is 9.50. The molecule has 1 rings (SSSR count). The Bertz CT molecular complexity index is 379. The molecule has 1 aromatic rings. The molecule has 0 aliphatic carbocycles. The van der Waals surface area contributed by atoms with Crippen molar-refractivity contribution in [1.29, 1.82) is 0 Å². The van der Waals surface area contributed by atoms with Gasteiger partial charge in [0.1, 0.15) is 4.88 Å². The molecule has 14 heavy (non-hydrogen) atoms. The van der Waals surface area contributed by atoms with Crippen LogP contribution in [0.2, 0.25) is 0 Å². The van der Waals surface area contributed by atoms with E-state index in [0.717, 1.165) is 4.21 Å². The molecule has 0 aliphatic rings. The molecule has 0 saturated heterocycles. The molecular formula is C9H9NO2S2. The molecule has 0 aliphatic heterocycles. The summed E-state index contributed by atoms with van der Waals surface area (Å²) in [4.78, 5) is 15.2. The summed E-state index contributed by atoms with van der Waals surface area (Å²) < 4.78 is 5.71. The molecule has 5 heteroatoms. The first kappa shape index (κ1) is 11.1. The minimum absolute atomic E-state index is 0.345. The SMILES string of the molecule is [C-]#[N+]c1cc(C(=O)OCC)sc1SC. The van der Waals surface area contributed by atoms with Gasteiger partial charge in [-0.3, -0.25) is 0 Å². The highest BCUT2D eigenvalue weighted by Crippen LogP contribution is 2.37. The van der Waals surface area contributed by atoms with Crippen molar-refractivity contribution in [2.45, 2.75) is 11.1 Å². The van der Waals surface area contributed by atoms with Crippen molar-refractivity contribution >= 4 is 34.8 Å². The van der Waals surface area contributed by atoms with Crippen LogP contribution >= 0.6 is 23.1 Å². The summed E-state index contributed by atoms with van der Waals surface area (Å²) in [7, 11) is 0. The molecule has 0 fully saturated rings. The normalized spacial score (nSPS) is 9.50. The zero-order chi connectivity index (χ0) is 10.6. The van der Waals surface area contributed by atoms with Crippen LogP contribution in [0, 0.1) is 6.57 Å². The van der Waals surface area contributed by atoms with Crippen LogP contribution in [-0.2, 0) is 4.74 Å². The van der Waals surface area contributed by atoms with Crippen molar-refractivity contribution in [1.82, 2.24) is 0 Å². The third kappa shape index (κ3) is 2.28. The summed E-state index contributed by atoms with van der Waals surface area (Å²) in [6.45, 7) is 9.03. The predicted molar refractivity (Wildman–Crippen MR) is 58.3 cm³/mol. The van der Waals surface area contributed by atoms with Crippen LogP contribution in [0.5, 0.6) is 0 Å². The summed E-state index contributed by atoms with van der Waals surface area (Å²) in [5.41, 5.74) is 0.533. The minimum Gasteiger partial charge on any atom is -0.462 e. The topological polar surface area (TPSA) is 30.7 Å². The maximum atomic E-state index is 11.3. The van der Waals surface area contributed by atoms with Crippen LogP contribution < -0.4 is 0 Å². The third-order valence-corrected chi connectivity index (χ3v) is 3.69. The molecule has 0 spiro atoms. The number of carbonyl (C=O) groups excluding carboxylic acids is 1. The highest BCUT2D eigenvalue weighted by molar-refractivity contribution is 8.00. The maximum absolute atomic E-state index is 11.3. The zero-order valence-electron chi connectivity index (χ0n) is 7.86. The van der Waals surface area contributed by atoms with Crippen molar-refractivity contribution in [2.24, 2.45) is 0 Å². The predicted octanol–water partition coefficient (Wildman–Crippen LogP) is 3.20. The number of ether oxygens (including phenoxy) is 1. The third-order valence-electron chi connectivity index (χ3n) is 1.46. The second-order valence-corrected chi connectivity index (χ2v) is 4.45. The Morgan fingerprint density at radius 1 is 1.79 bits per heavy atom. The van der Waals surface area contributed by atoms with Gasteiger partial charge in [-0.15, -0.1) is 23.1 Å². The first-order chi connectivity index (χ1) is 6.72. The second-order valence-electron chi connectivity index (χ2n) is 2.32. The van der Waals surface area contributed by atoms with Gasteiger partial charge >= 0.3 is 5.97 Å². The van der Waals surface area contributed by atoms with Gasteiger partial charge in [-0.25, -0.2) is 9.64 Å². The number of thiophene rings is 1. The monoisotopic (exact) mass is 227 g/mol. The van der Waals surface area contributed by atoms with Gasteiger partial charge in [-0.2, -0.15) is 0 Å². The molecule has 0 radical (unpaired) electrons. The van der Waals surface area contributed by atoms with Crippen molar-refractivity contribution in [3.05, 3.63) is 22.4 Å². The van der Waals surface area contributed by atoms with E-state index in [-0.39, 0.29) is 5.97 Å². The van der Waals surface area contributed by atoms with Gasteiger partial charge in [0.25, 0.3) is 0 Å². The number of esters is 1. The van der Waals surface area contributed by atoms with Gasteiger partial charge in [0.15, 0.2) is 0 Å². The number of nitrogens with zero attached hydrogens (tertiary/aromatic N) is 1. The molecule has 1 heterocycles. The lowest BCUT2D eigenvalue weighted by molar-refractivity contribution is 0.0532. The average Bonchev–Trinajstić information content (AvgIpc) is 2.61. The Balaban J connectivity index is 2.96. The molecule has 0 saturated carbocycles. The molecule has 0 N–H and O–H groups in total. The lowest BCUT2D eigenvalue weighted by Crippen LogP contribution is -2.01. The Morgan fingerprint density at radius 2 is 2.50 bits per heavy atom. The van der Waals surface area contributed by atoms with Crippen molar-refractivity contribution in [3.8, 4) is 0 Å². The average molecular weight is 227 g/mol. The smallest absolute Gasteiger partial charge is 0.346 e. The summed E-state index contributed by atoms with van der Waals surface area (Å²) in [6, 6.07) is 1.58. The van der Waals surface area contributed by atoms with E-state index >= 15 is 0 Å². The van der Waals surface area contributed by atoms with Crippen LogP contribution in [0.3, 0.4) is 0 Å². The second kappa shape index (κ2) is 5.03. The summed E-state index contributed by atoms with van der Waals surface area (Å²) in [5.74, 6) is -0.345. The number of carbonyl (C=O) groups is 1. The number of rotatable bonds is 3. The Labute approximate surface area is 90.9 Å². The van der Waals surface area contributed by atoms with E-state index in [1.54, 1.807) is 13.0 Å². The molecule has 74 valence electrons. The van der Waals surface area contributed by atoms with Gasteiger partial charge in [0.05, 0.1) is 17.4 Å². The van der Waals surface area contributed by atoms with Crippen molar-refractivity contribution < 1.29 is 9.53 Å². The molecule has 1 aromatic heterocycles. The van der Waals surface area contributed by atoms with E-state index in [2.05, 4.69) is 4.85 Å². The van der Waals surface area contributed by atoms with Gasteiger partial charge in [0.2, 0.25) is 5.69 Å². The molecule has 0 unspecified atom stereocenters. The largest absolute Gasteiger partial charge is 0.462 e. The lowest BCUT2D eigenvalue weighted by Gasteiger charge is -1.96. The van der Waals surface area contributed by atoms with Crippen LogP contribution in [0.15, 0.2) is 10.3 Å². The fourth-order valence-corrected chi connectivity index (χ4v) is 2.53. The maximum Gasteiger partial charge on any atom is 0.346 e. The van der Waals surface area contributed by atoms with E-state index in [9.17, 15) is 4.79 Å². The van der Waals surface area contributed by atoms with E-state index in [0.29, 0.717) is 17.2 Å². The Kier molecular flexibility index (Phi) is 3.98. The Hall–Kier alpha value is -0.990. The minimum atomic E-state index is -0.345. The first-order valence-electron chi connectivity index (χ1n) is 3.95. The quantitative estimate of drug-likeness (QED) is 0.451. The standard InChI is InChI=1S/C9H9NO2S2/c1-4-12-8(11)7-5-6(10-2)9(13-3)14-7/h5H,4H2,1,3H3. The van der Waals surface area contributed by atoms with Crippen molar-refractivity contribution in [3.63, 3.8) is 0 Å². The van der Waals surface area contributed by atoms with Gasteiger partial charge in [0, 0.05) is 0 Å². The number of hydrogen-bond donors (Lipinski definition) is 0. The van der Waals surface area contributed by atoms with Crippen molar-refractivity contribution in [2.75, 3.05) is 12.9 Å². The lowest BCUT2D eigenvalue weighted by atomic mass is 10.4. The van der Waals surface area contributed by atoms with Gasteiger partial charge < -0.3 is 4.74 Å². The molecule has 0 atom stereocenters. The molecule has 3 nitrogen and oxygen atoms in total. The number of thioether (sulfide) groups is 1. The number of hydrogen-bond acceptors (Lipinski definition) is 4. The molecule has 0 aromatic carbocycles. The van der Waals surface area contributed by atoms with E-state index < -0.39 is 0 Å². The highest BCUT2D eigenvalue weighted by Gasteiger charge is 2.14. The van der Waals surface area contributed by atoms with E-state index in [1.165, 1.54) is 23.1 Å². The van der Waals surface area contributed by atoms with Crippen LogP contribution in [0.1, 0.15) is 16.6 Å². The van der Waals surface area contributed by atoms with Gasteiger partial charge in [-0.05, 0) is 19.2 Å². The summed E-state index contributed by atoms with van der Waals surface area (Å²) in [5, 5.41) is 0. The van der Waals surface area contributed by atoms with Crippen LogP contribution in [0.4, 0.5) is 5.69 Å². The van der Waals surface area contributed by atoms with Gasteiger partial charge in [-0.1, -0.05) is 0 Å². The molecular weight excluding hydrogens is 218 g/mol. The summed E-state index contributed by atoms with van der Waals surface area (Å²) >= 11 is 2.78. The fourth-order valence-electron chi connectivity index (χ4n) is 0.892. The molecule has 0 amide bonds.